The summed E-state index contributed by atoms with van der Waals surface area (Å²) < 4.78 is 11.4. The van der Waals surface area contributed by atoms with Gasteiger partial charge in [-0.25, -0.2) is 0 Å². The van der Waals surface area contributed by atoms with E-state index in [1.165, 1.54) is 0 Å². The first kappa shape index (κ1) is 22.9. The molecule has 2 aromatic carbocycles. The zero-order chi connectivity index (χ0) is 21.2. The van der Waals surface area contributed by atoms with Crippen LogP contribution in [-0.2, 0) is 4.74 Å². The third-order valence-corrected chi connectivity index (χ3v) is 4.62. The number of anilines is 1. The second-order valence-corrected chi connectivity index (χ2v) is 7.81. The molecule has 0 aliphatic heterocycles. The molecule has 7 heteroatoms. The van der Waals surface area contributed by atoms with Crippen LogP contribution >= 0.6 is 15.9 Å². The number of benzene rings is 2. The Labute approximate surface area is 180 Å². The first-order valence-corrected chi connectivity index (χ1v) is 10.3. The topological polar surface area (TPSA) is 76.7 Å². The molecule has 6 nitrogen and oxygen atoms in total. The molecule has 0 aromatic heterocycles. The van der Waals surface area contributed by atoms with Crippen LogP contribution in [0.1, 0.15) is 41.0 Å². The minimum atomic E-state index is -0.305. The van der Waals surface area contributed by atoms with Gasteiger partial charge in [0.05, 0.1) is 22.3 Å². The van der Waals surface area contributed by atoms with Gasteiger partial charge in [0.25, 0.3) is 11.8 Å². The van der Waals surface area contributed by atoms with Crippen molar-refractivity contribution >= 4 is 33.4 Å². The fourth-order valence-electron chi connectivity index (χ4n) is 2.51. The number of ether oxygens (including phenoxy) is 2. The predicted octanol–water partition coefficient (Wildman–Crippen LogP) is 4.50. The number of carbonyl (C=O) groups is 2. The lowest BCUT2D eigenvalue weighted by Gasteiger charge is -2.13. The Balaban J connectivity index is 2.07. The highest BCUT2D eigenvalue weighted by Gasteiger charge is 2.15. The average molecular weight is 463 g/mol. The Morgan fingerprint density at radius 2 is 1.86 bits per heavy atom. The van der Waals surface area contributed by atoms with E-state index in [0.29, 0.717) is 52.7 Å². The molecule has 0 radical (unpaired) electrons. The molecule has 0 aliphatic rings. The monoisotopic (exact) mass is 462 g/mol. The molecule has 0 atom stereocenters. The van der Waals surface area contributed by atoms with Gasteiger partial charge in [-0.2, -0.15) is 0 Å². The highest BCUT2D eigenvalue weighted by molar-refractivity contribution is 9.10. The largest absolute Gasteiger partial charge is 0.492 e. The quantitative estimate of drug-likeness (QED) is 0.509. The Morgan fingerprint density at radius 1 is 1.10 bits per heavy atom. The van der Waals surface area contributed by atoms with Crippen LogP contribution < -0.4 is 15.4 Å². The normalized spacial score (nSPS) is 10.7. The van der Waals surface area contributed by atoms with Crippen molar-refractivity contribution in [2.75, 3.05) is 32.2 Å². The van der Waals surface area contributed by atoms with Crippen LogP contribution in [0.5, 0.6) is 5.75 Å². The molecule has 0 bridgehead atoms. The number of hydrogen-bond acceptors (Lipinski definition) is 4. The molecular weight excluding hydrogens is 436 g/mol. The number of nitrogens with one attached hydrogen (secondary N) is 2. The summed E-state index contributed by atoms with van der Waals surface area (Å²) in [5, 5.41) is 5.65. The van der Waals surface area contributed by atoms with E-state index in [2.05, 4.69) is 40.4 Å². The number of methoxy groups -OCH3 is 1. The summed E-state index contributed by atoms with van der Waals surface area (Å²) in [6, 6.07) is 12.1. The number of amides is 2. The molecular formula is C22H27BrN2O4. The van der Waals surface area contributed by atoms with Crippen molar-refractivity contribution in [2.24, 2.45) is 5.92 Å². The van der Waals surface area contributed by atoms with E-state index in [1.54, 1.807) is 49.6 Å². The number of rotatable bonds is 10. The van der Waals surface area contributed by atoms with Crippen LogP contribution in [0.2, 0.25) is 0 Å². The molecule has 2 rings (SSSR count). The summed E-state index contributed by atoms with van der Waals surface area (Å²) in [7, 11) is 1.62. The van der Waals surface area contributed by atoms with E-state index < -0.39 is 0 Å². The molecule has 156 valence electrons. The maximum absolute atomic E-state index is 12.7. The summed E-state index contributed by atoms with van der Waals surface area (Å²) in [6.45, 7) is 5.81. The molecule has 2 aromatic rings. The lowest BCUT2D eigenvalue weighted by Crippen LogP contribution is -2.26. The van der Waals surface area contributed by atoms with Gasteiger partial charge in [0.15, 0.2) is 0 Å². The Morgan fingerprint density at radius 3 is 2.55 bits per heavy atom. The Kier molecular flexibility index (Phi) is 9.15. The minimum absolute atomic E-state index is 0.240. The van der Waals surface area contributed by atoms with Gasteiger partial charge in [-0.15, -0.1) is 0 Å². The summed E-state index contributed by atoms with van der Waals surface area (Å²) >= 11 is 3.45. The summed E-state index contributed by atoms with van der Waals surface area (Å²) in [5.41, 5.74) is 1.33. The Hall–Kier alpha value is -2.38. The van der Waals surface area contributed by atoms with Gasteiger partial charge in [0, 0.05) is 25.8 Å². The molecule has 2 N–H and O–H groups in total. The SMILES string of the molecule is COCCCNC(=O)c1ccccc1NC(=O)c1ccc(OCC(C)C)c(Br)c1. The van der Waals surface area contributed by atoms with E-state index in [1.807, 2.05) is 0 Å². The van der Waals surface area contributed by atoms with E-state index in [9.17, 15) is 9.59 Å². The van der Waals surface area contributed by atoms with Crippen LogP contribution in [0, 0.1) is 5.92 Å². The van der Waals surface area contributed by atoms with Crippen LogP contribution in [0.3, 0.4) is 0 Å². The van der Waals surface area contributed by atoms with Gasteiger partial charge in [0.2, 0.25) is 0 Å². The van der Waals surface area contributed by atoms with Gasteiger partial charge in [-0.3, -0.25) is 9.59 Å². The van der Waals surface area contributed by atoms with Gasteiger partial charge in [0.1, 0.15) is 5.75 Å². The second-order valence-electron chi connectivity index (χ2n) is 6.95. The van der Waals surface area contributed by atoms with Crippen molar-refractivity contribution in [1.29, 1.82) is 0 Å². The summed E-state index contributed by atoms with van der Waals surface area (Å²) in [4.78, 5) is 25.1. The van der Waals surface area contributed by atoms with Crippen molar-refractivity contribution in [3.63, 3.8) is 0 Å². The first-order valence-electron chi connectivity index (χ1n) is 9.52. The molecule has 0 unspecified atom stereocenters. The van der Waals surface area contributed by atoms with Gasteiger partial charge in [-0.1, -0.05) is 26.0 Å². The van der Waals surface area contributed by atoms with E-state index in [-0.39, 0.29) is 11.8 Å². The molecule has 0 fully saturated rings. The van der Waals surface area contributed by atoms with Gasteiger partial charge < -0.3 is 20.1 Å². The average Bonchev–Trinajstić information content (AvgIpc) is 2.70. The summed E-state index contributed by atoms with van der Waals surface area (Å²) in [5.74, 6) is 0.546. The van der Waals surface area contributed by atoms with Crippen molar-refractivity contribution in [2.45, 2.75) is 20.3 Å². The van der Waals surface area contributed by atoms with Crippen molar-refractivity contribution in [3.05, 3.63) is 58.1 Å². The maximum atomic E-state index is 12.7. The molecule has 0 spiro atoms. The minimum Gasteiger partial charge on any atom is -0.492 e. The third kappa shape index (κ3) is 7.18. The number of carbonyl (C=O) groups excluding carboxylic acids is 2. The zero-order valence-electron chi connectivity index (χ0n) is 17.0. The highest BCUT2D eigenvalue weighted by atomic mass is 79.9. The molecule has 0 saturated carbocycles. The lowest BCUT2D eigenvalue weighted by molar-refractivity contribution is 0.0949. The zero-order valence-corrected chi connectivity index (χ0v) is 18.5. The fourth-order valence-corrected chi connectivity index (χ4v) is 3.01. The van der Waals surface area contributed by atoms with Crippen LogP contribution in [0.15, 0.2) is 46.9 Å². The van der Waals surface area contributed by atoms with Crippen LogP contribution in [0.4, 0.5) is 5.69 Å². The van der Waals surface area contributed by atoms with Crippen molar-refractivity contribution in [1.82, 2.24) is 5.32 Å². The van der Waals surface area contributed by atoms with Gasteiger partial charge >= 0.3 is 0 Å². The standard InChI is InChI=1S/C22H27BrN2O4/c1-15(2)14-29-20-10-9-16(13-18(20)23)21(26)25-19-8-5-4-7-17(19)22(27)24-11-6-12-28-3/h4-5,7-10,13,15H,6,11-12,14H2,1-3H3,(H,24,27)(H,25,26). The summed E-state index contributed by atoms with van der Waals surface area (Å²) in [6.07, 6.45) is 0.718. The number of halogens is 1. The second kappa shape index (κ2) is 11.6. The highest BCUT2D eigenvalue weighted by Crippen LogP contribution is 2.27. The smallest absolute Gasteiger partial charge is 0.255 e. The molecule has 0 saturated heterocycles. The lowest BCUT2D eigenvalue weighted by atomic mass is 10.1. The Bertz CT molecular complexity index is 839. The van der Waals surface area contributed by atoms with Crippen molar-refractivity contribution in [3.8, 4) is 5.75 Å². The van der Waals surface area contributed by atoms with Gasteiger partial charge in [-0.05, 0) is 58.6 Å². The third-order valence-electron chi connectivity index (χ3n) is 4.00. The molecule has 29 heavy (non-hydrogen) atoms. The van der Waals surface area contributed by atoms with E-state index >= 15 is 0 Å². The number of para-hydroxylation sites is 1. The predicted molar refractivity (Wildman–Crippen MR) is 118 cm³/mol. The number of hydrogen-bond donors (Lipinski definition) is 2. The van der Waals surface area contributed by atoms with Crippen molar-refractivity contribution < 1.29 is 19.1 Å². The molecule has 0 heterocycles. The maximum Gasteiger partial charge on any atom is 0.255 e. The van der Waals surface area contributed by atoms with E-state index in [0.717, 1.165) is 6.42 Å². The van der Waals surface area contributed by atoms with Crippen LogP contribution in [0.25, 0.3) is 0 Å². The molecule has 0 aliphatic carbocycles. The fraction of sp³-hybridized carbons (Fsp3) is 0.364. The molecule has 2 amide bonds. The first-order chi connectivity index (χ1) is 13.9. The van der Waals surface area contributed by atoms with E-state index in [4.69, 9.17) is 9.47 Å². The van der Waals surface area contributed by atoms with Crippen LogP contribution in [-0.4, -0.2) is 38.7 Å².